The van der Waals surface area contributed by atoms with Crippen LogP contribution in [0.1, 0.15) is 26.7 Å². The van der Waals surface area contributed by atoms with Crippen LogP contribution in [0.4, 0.5) is 0 Å². The summed E-state index contributed by atoms with van der Waals surface area (Å²) in [5, 5.41) is 19.0. The Kier molecular flexibility index (Phi) is 11.8. The van der Waals surface area contributed by atoms with Crippen molar-refractivity contribution in [3.05, 3.63) is 0 Å². The van der Waals surface area contributed by atoms with Gasteiger partial charge in [0.1, 0.15) is 5.25 Å². The van der Waals surface area contributed by atoms with E-state index in [1.54, 1.807) is 0 Å². The fourth-order valence-electron chi connectivity index (χ4n) is 1.65. The summed E-state index contributed by atoms with van der Waals surface area (Å²) in [4.78, 5) is 21.6. The SMILES string of the molecule is CCC(CC)(C(=O)[O-])C(C(=O)[O-])S(=O)(=O)O.[Na+].[Na+]. The average Bonchev–Trinajstić information content (AvgIpc) is 2.10. The van der Waals surface area contributed by atoms with Gasteiger partial charge in [-0.05, 0) is 12.8 Å². The van der Waals surface area contributed by atoms with Gasteiger partial charge in [-0.1, -0.05) is 13.8 Å². The van der Waals surface area contributed by atoms with E-state index >= 15 is 0 Å². The molecule has 94 valence electrons. The smallest absolute Gasteiger partial charge is 0.549 e. The number of hydrogen-bond acceptors (Lipinski definition) is 6. The monoisotopic (exact) mass is 298 g/mol. The minimum Gasteiger partial charge on any atom is -0.549 e. The molecule has 0 saturated carbocycles. The van der Waals surface area contributed by atoms with Crippen molar-refractivity contribution in [1.82, 2.24) is 0 Å². The van der Waals surface area contributed by atoms with Gasteiger partial charge in [-0.15, -0.1) is 0 Å². The molecule has 0 amide bonds. The van der Waals surface area contributed by atoms with Crippen molar-refractivity contribution in [2.45, 2.75) is 31.9 Å². The molecule has 0 heterocycles. The first-order chi connectivity index (χ1) is 7.13. The Labute approximate surface area is 150 Å². The van der Waals surface area contributed by atoms with Crippen molar-refractivity contribution in [2.24, 2.45) is 5.41 Å². The quantitative estimate of drug-likeness (QED) is 0.380. The van der Waals surface area contributed by atoms with Crippen LogP contribution >= 0.6 is 0 Å². The number of carboxylic acids is 2. The van der Waals surface area contributed by atoms with Crippen molar-refractivity contribution in [2.75, 3.05) is 0 Å². The zero-order valence-electron chi connectivity index (χ0n) is 10.8. The van der Waals surface area contributed by atoms with Gasteiger partial charge in [0.15, 0.2) is 0 Å². The zero-order chi connectivity index (χ0) is 13.1. The molecule has 7 nitrogen and oxygen atoms in total. The van der Waals surface area contributed by atoms with Gasteiger partial charge in [-0.3, -0.25) is 4.55 Å². The summed E-state index contributed by atoms with van der Waals surface area (Å²) in [5.74, 6) is -4.00. The van der Waals surface area contributed by atoms with E-state index in [1.165, 1.54) is 13.8 Å². The molecule has 0 fully saturated rings. The van der Waals surface area contributed by atoms with Crippen LogP contribution in [0, 0.1) is 5.41 Å². The van der Waals surface area contributed by atoms with Gasteiger partial charge in [0.05, 0.1) is 5.97 Å². The maximum atomic E-state index is 10.9. The molecule has 0 aromatic rings. The predicted molar refractivity (Wildman–Crippen MR) is 48.4 cm³/mol. The standard InChI is InChI=1S/C8H14O7S.2Na/c1-3-8(4-2,7(11)12)5(6(9)10)16(13,14)15;;/h5H,3-4H2,1-2H3,(H,9,10)(H,11,12)(H,13,14,15);;/q;2*+1/p-2. The zero-order valence-corrected chi connectivity index (χ0v) is 15.6. The van der Waals surface area contributed by atoms with Crippen molar-refractivity contribution >= 4 is 22.1 Å². The van der Waals surface area contributed by atoms with E-state index < -0.39 is 32.7 Å². The van der Waals surface area contributed by atoms with Gasteiger partial charge in [-0.2, -0.15) is 8.42 Å². The molecule has 0 rings (SSSR count). The van der Waals surface area contributed by atoms with E-state index in [-0.39, 0.29) is 72.0 Å². The Balaban J connectivity index is -0.00000112. The van der Waals surface area contributed by atoms with Crippen LogP contribution in [0.2, 0.25) is 0 Å². The second-order valence-electron chi connectivity index (χ2n) is 3.36. The molecule has 1 atom stereocenters. The second kappa shape index (κ2) is 8.91. The van der Waals surface area contributed by atoms with Crippen molar-refractivity contribution in [3.63, 3.8) is 0 Å². The van der Waals surface area contributed by atoms with E-state index in [9.17, 15) is 28.2 Å². The summed E-state index contributed by atoms with van der Waals surface area (Å²) >= 11 is 0. The Morgan fingerprint density at radius 1 is 1.17 bits per heavy atom. The fourth-order valence-corrected chi connectivity index (χ4v) is 2.89. The number of rotatable bonds is 6. The van der Waals surface area contributed by atoms with Gasteiger partial charge < -0.3 is 19.8 Å². The van der Waals surface area contributed by atoms with Crippen LogP contribution in [0.3, 0.4) is 0 Å². The molecule has 0 bridgehead atoms. The molecule has 1 N–H and O–H groups in total. The topological polar surface area (TPSA) is 135 Å². The Morgan fingerprint density at radius 2 is 1.50 bits per heavy atom. The fraction of sp³-hybridized carbons (Fsp3) is 0.750. The van der Waals surface area contributed by atoms with Crippen LogP contribution in [0.15, 0.2) is 0 Å². The van der Waals surface area contributed by atoms with Crippen molar-refractivity contribution in [1.29, 1.82) is 0 Å². The van der Waals surface area contributed by atoms with E-state index in [0.717, 1.165) is 0 Å². The van der Waals surface area contributed by atoms with Crippen molar-refractivity contribution < 1.29 is 91.9 Å². The normalized spacial score (nSPS) is 12.8. The second-order valence-corrected chi connectivity index (χ2v) is 4.87. The largest absolute Gasteiger partial charge is 1.00 e. The number of aliphatic carboxylic acids is 2. The molecule has 0 aliphatic carbocycles. The third-order valence-corrected chi connectivity index (χ3v) is 3.92. The average molecular weight is 298 g/mol. The predicted octanol–water partition coefficient (Wildman–Crippen LogP) is -8.44. The summed E-state index contributed by atoms with van der Waals surface area (Å²) in [6.07, 6.45) is -0.630. The number of carbonyl (C=O) groups is 2. The Bertz CT molecular complexity index is 388. The molecule has 0 aliphatic heterocycles. The molecule has 18 heavy (non-hydrogen) atoms. The Morgan fingerprint density at radius 3 is 1.56 bits per heavy atom. The van der Waals surface area contributed by atoms with E-state index in [1.807, 2.05) is 0 Å². The molecule has 0 aliphatic rings. The first-order valence-electron chi connectivity index (χ1n) is 4.52. The van der Waals surface area contributed by atoms with E-state index in [4.69, 9.17) is 4.55 Å². The number of carboxylic acid groups (broad SMARTS) is 2. The molecule has 1 unspecified atom stereocenters. The van der Waals surface area contributed by atoms with Gasteiger partial charge >= 0.3 is 59.1 Å². The molecule has 0 saturated heterocycles. The minimum absolute atomic E-state index is 0. The number of hydrogen-bond donors (Lipinski definition) is 1. The van der Waals surface area contributed by atoms with Crippen molar-refractivity contribution in [3.8, 4) is 0 Å². The third kappa shape index (κ3) is 5.09. The van der Waals surface area contributed by atoms with E-state index in [2.05, 4.69) is 0 Å². The van der Waals surface area contributed by atoms with E-state index in [0.29, 0.717) is 0 Å². The first kappa shape index (κ1) is 23.9. The van der Waals surface area contributed by atoms with Crippen LogP contribution in [0.5, 0.6) is 0 Å². The van der Waals surface area contributed by atoms with Gasteiger partial charge in [0.25, 0.3) is 10.1 Å². The third-order valence-electron chi connectivity index (χ3n) is 2.68. The molecule has 0 aromatic carbocycles. The van der Waals surface area contributed by atoms with Crippen LogP contribution in [0.25, 0.3) is 0 Å². The summed E-state index contributed by atoms with van der Waals surface area (Å²) in [6.45, 7) is 2.58. The maximum Gasteiger partial charge on any atom is 1.00 e. The van der Waals surface area contributed by atoms with Crippen LogP contribution < -0.4 is 69.3 Å². The molecular weight excluding hydrogens is 286 g/mol. The van der Waals surface area contributed by atoms with Gasteiger partial charge in [0, 0.05) is 11.4 Å². The summed E-state index contributed by atoms with van der Waals surface area (Å²) in [7, 11) is -5.07. The first-order valence-corrected chi connectivity index (χ1v) is 6.02. The number of carbonyl (C=O) groups excluding carboxylic acids is 2. The molecular formula is C8H12Na2O7S. The molecule has 0 radical (unpaired) electrons. The molecule has 10 heteroatoms. The Hall–Kier alpha value is 0.850. The van der Waals surface area contributed by atoms with Gasteiger partial charge in [-0.25, -0.2) is 0 Å². The summed E-state index contributed by atoms with van der Waals surface area (Å²) in [6, 6.07) is 0. The van der Waals surface area contributed by atoms with Crippen LogP contribution in [-0.4, -0.2) is 30.2 Å². The summed E-state index contributed by atoms with van der Waals surface area (Å²) in [5.41, 5.74) is -2.19. The summed E-state index contributed by atoms with van der Waals surface area (Å²) < 4.78 is 30.5. The van der Waals surface area contributed by atoms with Gasteiger partial charge in [0.2, 0.25) is 0 Å². The molecule has 0 spiro atoms. The maximum absolute atomic E-state index is 10.9. The minimum atomic E-state index is -5.07. The van der Waals surface area contributed by atoms with Crippen LogP contribution in [-0.2, 0) is 19.7 Å². The molecule has 0 aromatic heterocycles.